The summed E-state index contributed by atoms with van der Waals surface area (Å²) in [4.78, 5) is 14.2. The average Bonchev–Trinajstić information content (AvgIpc) is 2.66. The van der Waals surface area contributed by atoms with E-state index in [-0.39, 0.29) is 12.1 Å². The van der Waals surface area contributed by atoms with Gasteiger partial charge >= 0.3 is 6.03 Å². The van der Waals surface area contributed by atoms with Gasteiger partial charge in [0.05, 0.1) is 25.4 Å². The highest BCUT2D eigenvalue weighted by atomic mass is 16.5. The highest BCUT2D eigenvalue weighted by Gasteiger charge is 2.32. The molecule has 0 aromatic heterocycles. The maximum Gasteiger partial charge on any atom is 0.322 e. The quantitative estimate of drug-likeness (QED) is 0.722. The van der Waals surface area contributed by atoms with Gasteiger partial charge in [-0.2, -0.15) is 0 Å². The van der Waals surface area contributed by atoms with Crippen molar-refractivity contribution in [1.29, 1.82) is 0 Å². The standard InChI is InChI=1S/C21H26N2O4/c1-3-16-7-6-8-17(13-16)27-18-14-23(15-18)21(24)22-19-9-4-5-10-20(19)26-12-11-25-2/h4-10,13,18H,3,11-12,14-15H2,1-2H3,(H,22,24). The minimum atomic E-state index is -0.153. The fourth-order valence-corrected chi connectivity index (χ4v) is 2.83. The second-order valence-corrected chi connectivity index (χ2v) is 6.41. The molecular weight excluding hydrogens is 344 g/mol. The summed E-state index contributed by atoms with van der Waals surface area (Å²) in [6.45, 7) is 4.17. The van der Waals surface area contributed by atoms with Gasteiger partial charge in [0.2, 0.25) is 0 Å². The number of methoxy groups -OCH3 is 1. The Hall–Kier alpha value is -2.73. The summed E-state index contributed by atoms with van der Waals surface area (Å²) in [5.74, 6) is 1.49. The number of rotatable bonds is 8. The second kappa shape index (κ2) is 9.28. The van der Waals surface area contributed by atoms with E-state index in [9.17, 15) is 4.79 Å². The molecule has 3 rings (SSSR count). The minimum Gasteiger partial charge on any atom is -0.489 e. The van der Waals surface area contributed by atoms with Crippen molar-refractivity contribution < 1.29 is 19.0 Å². The predicted molar refractivity (Wildman–Crippen MR) is 105 cm³/mol. The van der Waals surface area contributed by atoms with Gasteiger partial charge in [-0.15, -0.1) is 0 Å². The molecule has 2 amide bonds. The Morgan fingerprint density at radius 1 is 1.15 bits per heavy atom. The Morgan fingerprint density at radius 3 is 2.74 bits per heavy atom. The van der Waals surface area contributed by atoms with Gasteiger partial charge < -0.3 is 24.4 Å². The molecule has 1 saturated heterocycles. The monoisotopic (exact) mass is 370 g/mol. The molecule has 0 radical (unpaired) electrons. The molecule has 0 bridgehead atoms. The summed E-state index contributed by atoms with van der Waals surface area (Å²) in [5.41, 5.74) is 1.89. The Bertz CT molecular complexity index is 759. The Labute approximate surface area is 160 Å². The third kappa shape index (κ3) is 5.14. The van der Waals surface area contributed by atoms with Gasteiger partial charge in [-0.25, -0.2) is 4.79 Å². The van der Waals surface area contributed by atoms with Crippen LogP contribution in [0.4, 0.5) is 10.5 Å². The van der Waals surface area contributed by atoms with Crippen LogP contribution in [0.25, 0.3) is 0 Å². The molecule has 0 unspecified atom stereocenters. The van der Waals surface area contributed by atoms with Crippen LogP contribution in [0.15, 0.2) is 48.5 Å². The lowest BCUT2D eigenvalue weighted by atomic mass is 10.1. The van der Waals surface area contributed by atoms with Gasteiger partial charge in [-0.1, -0.05) is 31.2 Å². The van der Waals surface area contributed by atoms with Gasteiger partial charge in [-0.05, 0) is 36.2 Å². The molecule has 6 nitrogen and oxygen atoms in total. The first kappa shape index (κ1) is 19.0. The van der Waals surface area contributed by atoms with Crippen molar-refractivity contribution in [2.75, 3.05) is 38.7 Å². The molecule has 0 saturated carbocycles. The first-order chi connectivity index (χ1) is 13.2. The van der Waals surface area contributed by atoms with Crippen LogP contribution >= 0.6 is 0 Å². The van der Waals surface area contributed by atoms with E-state index < -0.39 is 0 Å². The number of carbonyl (C=O) groups excluding carboxylic acids is 1. The summed E-state index contributed by atoms with van der Waals surface area (Å²) in [6, 6.07) is 15.3. The van der Waals surface area contributed by atoms with Crippen LogP contribution in [0.2, 0.25) is 0 Å². The molecule has 27 heavy (non-hydrogen) atoms. The number of para-hydroxylation sites is 2. The van der Waals surface area contributed by atoms with Crippen LogP contribution in [-0.4, -0.2) is 50.4 Å². The number of nitrogens with one attached hydrogen (secondary N) is 1. The summed E-state index contributed by atoms with van der Waals surface area (Å²) in [6.07, 6.45) is 0.999. The summed E-state index contributed by atoms with van der Waals surface area (Å²) < 4.78 is 16.6. The number of nitrogens with zero attached hydrogens (tertiary/aromatic N) is 1. The maximum atomic E-state index is 12.5. The van der Waals surface area contributed by atoms with Gasteiger partial charge in [0, 0.05) is 7.11 Å². The molecule has 0 atom stereocenters. The largest absolute Gasteiger partial charge is 0.489 e. The third-order valence-corrected chi connectivity index (χ3v) is 4.42. The summed E-state index contributed by atoms with van der Waals surface area (Å²) in [5, 5.41) is 2.91. The molecule has 1 fully saturated rings. The lowest BCUT2D eigenvalue weighted by Gasteiger charge is -2.38. The number of hydrogen-bond donors (Lipinski definition) is 1. The van der Waals surface area contributed by atoms with Gasteiger partial charge in [0.25, 0.3) is 0 Å². The van der Waals surface area contributed by atoms with E-state index in [1.807, 2.05) is 36.4 Å². The van der Waals surface area contributed by atoms with E-state index in [1.165, 1.54) is 5.56 Å². The number of amides is 2. The summed E-state index contributed by atoms with van der Waals surface area (Å²) in [7, 11) is 1.62. The summed E-state index contributed by atoms with van der Waals surface area (Å²) >= 11 is 0. The number of ether oxygens (including phenoxy) is 3. The third-order valence-electron chi connectivity index (χ3n) is 4.42. The SMILES string of the molecule is CCc1cccc(OC2CN(C(=O)Nc3ccccc3OCCOC)C2)c1. The second-order valence-electron chi connectivity index (χ2n) is 6.41. The predicted octanol–water partition coefficient (Wildman–Crippen LogP) is 3.57. The first-order valence-corrected chi connectivity index (χ1v) is 9.22. The molecule has 1 aliphatic rings. The van der Waals surface area contributed by atoms with Crippen LogP contribution < -0.4 is 14.8 Å². The molecule has 144 valence electrons. The number of urea groups is 1. The molecule has 2 aromatic carbocycles. The zero-order valence-corrected chi connectivity index (χ0v) is 15.8. The normalized spacial score (nSPS) is 13.8. The van der Waals surface area contributed by atoms with Gasteiger partial charge in [-0.3, -0.25) is 0 Å². The van der Waals surface area contributed by atoms with Crippen molar-refractivity contribution in [3.8, 4) is 11.5 Å². The van der Waals surface area contributed by atoms with Crippen molar-refractivity contribution in [3.05, 3.63) is 54.1 Å². The highest BCUT2D eigenvalue weighted by Crippen LogP contribution is 2.25. The molecule has 1 aliphatic heterocycles. The van der Waals surface area contributed by atoms with Gasteiger partial charge in [0.15, 0.2) is 0 Å². The molecule has 2 aromatic rings. The molecule has 1 heterocycles. The van der Waals surface area contributed by atoms with E-state index in [4.69, 9.17) is 14.2 Å². The maximum absolute atomic E-state index is 12.5. The number of aryl methyl sites for hydroxylation is 1. The van der Waals surface area contributed by atoms with E-state index >= 15 is 0 Å². The smallest absolute Gasteiger partial charge is 0.322 e. The van der Waals surface area contributed by atoms with Crippen LogP contribution in [-0.2, 0) is 11.2 Å². The first-order valence-electron chi connectivity index (χ1n) is 9.22. The molecule has 0 spiro atoms. The van der Waals surface area contributed by atoms with E-state index in [1.54, 1.807) is 12.0 Å². The van der Waals surface area contributed by atoms with Crippen molar-refractivity contribution >= 4 is 11.7 Å². The number of anilines is 1. The Balaban J connectivity index is 1.49. The Morgan fingerprint density at radius 2 is 1.96 bits per heavy atom. The van der Waals surface area contributed by atoms with E-state index in [2.05, 4.69) is 24.4 Å². The highest BCUT2D eigenvalue weighted by molar-refractivity contribution is 5.91. The molecule has 1 N–H and O–H groups in total. The van der Waals surface area contributed by atoms with Crippen molar-refractivity contribution in [1.82, 2.24) is 4.90 Å². The van der Waals surface area contributed by atoms with Crippen LogP contribution in [0.1, 0.15) is 12.5 Å². The molecule has 0 aliphatic carbocycles. The Kier molecular flexibility index (Phi) is 6.54. The molecular formula is C21H26N2O4. The van der Waals surface area contributed by atoms with Gasteiger partial charge in [0.1, 0.15) is 24.2 Å². The van der Waals surface area contributed by atoms with Crippen molar-refractivity contribution in [3.63, 3.8) is 0 Å². The van der Waals surface area contributed by atoms with Crippen LogP contribution in [0.3, 0.4) is 0 Å². The number of hydrogen-bond acceptors (Lipinski definition) is 4. The van der Waals surface area contributed by atoms with E-state index in [0.29, 0.717) is 37.7 Å². The van der Waals surface area contributed by atoms with E-state index in [0.717, 1.165) is 12.2 Å². The van der Waals surface area contributed by atoms with Crippen LogP contribution in [0.5, 0.6) is 11.5 Å². The average molecular weight is 370 g/mol. The zero-order chi connectivity index (χ0) is 19.1. The fourth-order valence-electron chi connectivity index (χ4n) is 2.83. The lowest BCUT2D eigenvalue weighted by Crippen LogP contribution is -2.57. The van der Waals surface area contributed by atoms with Crippen LogP contribution in [0, 0.1) is 0 Å². The lowest BCUT2D eigenvalue weighted by molar-refractivity contribution is 0.0492. The van der Waals surface area contributed by atoms with Crippen molar-refractivity contribution in [2.45, 2.75) is 19.4 Å². The zero-order valence-electron chi connectivity index (χ0n) is 15.8. The fraction of sp³-hybridized carbons (Fsp3) is 0.381. The number of likely N-dealkylation sites (tertiary alicyclic amines) is 1. The number of carbonyl (C=O) groups is 1. The minimum absolute atomic E-state index is 0.0241. The molecule has 6 heteroatoms. The van der Waals surface area contributed by atoms with Crippen molar-refractivity contribution in [2.24, 2.45) is 0 Å². The topological polar surface area (TPSA) is 60.0 Å². The number of benzene rings is 2.